The van der Waals surface area contributed by atoms with Gasteiger partial charge in [0.25, 0.3) is 0 Å². The molecule has 0 spiro atoms. The van der Waals surface area contributed by atoms with Gasteiger partial charge in [0.15, 0.2) is 0 Å². The first kappa shape index (κ1) is 37.7. The van der Waals surface area contributed by atoms with Gasteiger partial charge >= 0.3 is 0 Å². The maximum atomic E-state index is 5.58. The van der Waals surface area contributed by atoms with Crippen LogP contribution in [0, 0.1) is 0 Å². The van der Waals surface area contributed by atoms with Gasteiger partial charge in [-0.2, -0.15) is 0 Å². The predicted molar refractivity (Wildman–Crippen MR) is 287 cm³/mol. The lowest BCUT2D eigenvalue weighted by atomic mass is 9.95. The second-order valence-corrected chi connectivity index (χ2v) is 20.1. The summed E-state index contributed by atoms with van der Waals surface area (Å²) in [5, 5.41) is 8.75. The van der Waals surface area contributed by atoms with Crippen LogP contribution in [0.1, 0.15) is 0 Å². The van der Waals surface area contributed by atoms with Crippen molar-refractivity contribution in [3.05, 3.63) is 218 Å². The number of nitrogens with zero attached hydrogens (tertiary/aromatic N) is 2. The Hall–Kier alpha value is -7.67. The van der Waals surface area contributed by atoms with Gasteiger partial charge in [-0.15, -0.1) is 34.0 Å². The van der Waals surface area contributed by atoms with Crippen molar-refractivity contribution in [2.24, 2.45) is 0 Å². The lowest BCUT2D eigenvalue weighted by molar-refractivity contribution is 1.18. The average Bonchev–Trinajstić information content (AvgIpc) is 4.17. The molecule has 0 aliphatic carbocycles. The summed E-state index contributed by atoms with van der Waals surface area (Å²) in [5.41, 5.74) is 15.3. The summed E-state index contributed by atoms with van der Waals surface area (Å²) < 4.78 is 8.87. The number of fused-ring (bicyclic) bond motifs is 10. The standard InChI is InChI=1S/C61H36N2S3/c1-2-12-42(13-3-1)63-53-21-7-4-14-47(53)52-36-41(32-35-54(52)63)61-62-57-43(37-24-26-38(27-25-37)44-17-10-19-50-48-15-5-8-22-55(48)64-58(44)50)33-34-46(60(57)66-61)40-30-28-39(29-31-40)45-18-11-20-51-49-16-6-9-23-56(49)65-59(45)51/h1-36H. The number of rotatable bonds is 6. The summed E-state index contributed by atoms with van der Waals surface area (Å²) in [6.07, 6.45) is 0. The Labute approximate surface area is 392 Å². The number of para-hydroxylation sites is 2. The van der Waals surface area contributed by atoms with Crippen LogP contribution in [-0.4, -0.2) is 9.55 Å². The van der Waals surface area contributed by atoms with Gasteiger partial charge < -0.3 is 4.57 Å². The fraction of sp³-hybridized carbons (Fsp3) is 0. The van der Waals surface area contributed by atoms with Crippen LogP contribution in [0.2, 0.25) is 0 Å². The minimum Gasteiger partial charge on any atom is -0.309 e. The monoisotopic (exact) mass is 892 g/mol. The molecule has 0 bridgehead atoms. The molecule has 14 aromatic rings. The Morgan fingerprint density at radius 3 is 1.39 bits per heavy atom. The van der Waals surface area contributed by atoms with Crippen molar-refractivity contribution < 1.29 is 0 Å². The Balaban J connectivity index is 0.911. The second-order valence-electron chi connectivity index (χ2n) is 17.0. The van der Waals surface area contributed by atoms with Crippen molar-refractivity contribution in [3.63, 3.8) is 0 Å². The van der Waals surface area contributed by atoms with Gasteiger partial charge in [-0.3, -0.25) is 0 Å². The van der Waals surface area contributed by atoms with Crippen molar-refractivity contribution in [1.82, 2.24) is 9.55 Å². The van der Waals surface area contributed by atoms with Crippen LogP contribution in [-0.2, 0) is 0 Å². The molecule has 4 heterocycles. The first-order valence-electron chi connectivity index (χ1n) is 22.3. The van der Waals surface area contributed by atoms with Crippen molar-refractivity contribution >= 4 is 106 Å². The number of thiophene rings is 2. The molecule has 0 aliphatic rings. The van der Waals surface area contributed by atoms with Crippen molar-refractivity contribution in [1.29, 1.82) is 0 Å². The highest BCUT2D eigenvalue weighted by Crippen LogP contribution is 2.46. The van der Waals surface area contributed by atoms with Crippen molar-refractivity contribution in [2.45, 2.75) is 0 Å². The molecule has 0 saturated carbocycles. The molecular weight excluding hydrogens is 857 g/mol. The summed E-state index contributed by atoms with van der Waals surface area (Å²) in [6, 6.07) is 80.1. The number of benzene rings is 10. The van der Waals surface area contributed by atoms with E-state index in [1.165, 1.54) is 100 Å². The molecule has 2 nitrogen and oxygen atoms in total. The first-order chi connectivity index (χ1) is 32.7. The number of thiazole rings is 1. The van der Waals surface area contributed by atoms with E-state index < -0.39 is 0 Å². The molecule has 308 valence electrons. The highest BCUT2D eigenvalue weighted by atomic mass is 32.1. The van der Waals surface area contributed by atoms with E-state index in [2.05, 4.69) is 223 Å². The normalized spacial score (nSPS) is 11.9. The largest absolute Gasteiger partial charge is 0.309 e. The lowest BCUT2D eigenvalue weighted by Crippen LogP contribution is -1.92. The summed E-state index contributed by atoms with van der Waals surface area (Å²) >= 11 is 5.55. The minimum absolute atomic E-state index is 1.01. The molecule has 66 heavy (non-hydrogen) atoms. The van der Waals surface area contributed by atoms with Crippen LogP contribution in [0.25, 0.3) is 133 Å². The molecule has 0 aliphatic heterocycles. The first-order valence-corrected chi connectivity index (χ1v) is 24.7. The van der Waals surface area contributed by atoms with Crippen molar-refractivity contribution in [3.8, 4) is 60.8 Å². The SMILES string of the molecule is c1ccc(-n2c3ccccc3c3cc(-c4nc5c(-c6ccc(-c7cccc8c7sc7ccccc78)cc6)ccc(-c6ccc(-c7cccc8c7sc7ccccc78)cc6)c5s4)ccc32)cc1. The smallest absolute Gasteiger partial charge is 0.124 e. The van der Waals surface area contributed by atoms with E-state index in [9.17, 15) is 0 Å². The van der Waals surface area contributed by atoms with E-state index in [1.807, 2.05) is 22.7 Å². The highest BCUT2D eigenvalue weighted by molar-refractivity contribution is 7.26. The summed E-state index contributed by atoms with van der Waals surface area (Å²) in [5.74, 6) is 0. The average molecular weight is 893 g/mol. The van der Waals surface area contributed by atoms with E-state index in [0.29, 0.717) is 0 Å². The molecule has 0 radical (unpaired) electrons. The summed E-state index contributed by atoms with van der Waals surface area (Å²) in [4.78, 5) is 5.58. The Morgan fingerprint density at radius 1 is 0.303 bits per heavy atom. The zero-order valence-electron chi connectivity index (χ0n) is 35.4. The topological polar surface area (TPSA) is 17.8 Å². The van der Waals surface area contributed by atoms with E-state index >= 15 is 0 Å². The third-order valence-corrected chi connectivity index (χ3v) is 16.9. The molecule has 5 heteroatoms. The molecule has 0 fully saturated rings. The molecule has 0 N–H and O–H groups in total. The molecule has 0 atom stereocenters. The predicted octanol–water partition coefficient (Wildman–Crippen LogP) is 18.5. The molecule has 4 aromatic heterocycles. The van der Waals surface area contributed by atoms with E-state index in [1.54, 1.807) is 11.3 Å². The fourth-order valence-corrected chi connectivity index (χ4v) is 13.8. The number of aromatic nitrogens is 2. The van der Waals surface area contributed by atoms with E-state index in [0.717, 1.165) is 32.9 Å². The Kier molecular flexibility index (Phi) is 8.53. The van der Waals surface area contributed by atoms with Crippen LogP contribution in [0.3, 0.4) is 0 Å². The fourth-order valence-electron chi connectivity index (χ4n) is 10.2. The quantitative estimate of drug-likeness (QED) is 0.163. The maximum absolute atomic E-state index is 5.58. The van der Waals surface area contributed by atoms with Crippen LogP contribution >= 0.6 is 34.0 Å². The van der Waals surface area contributed by atoms with Gasteiger partial charge in [0.05, 0.1) is 21.3 Å². The van der Waals surface area contributed by atoms with Gasteiger partial charge in [-0.05, 0) is 81.9 Å². The van der Waals surface area contributed by atoms with Gasteiger partial charge in [0.1, 0.15) is 5.01 Å². The third-order valence-electron chi connectivity index (χ3n) is 13.3. The maximum Gasteiger partial charge on any atom is 0.124 e. The molecule has 0 unspecified atom stereocenters. The lowest BCUT2D eigenvalue weighted by Gasteiger charge is -2.10. The van der Waals surface area contributed by atoms with Crippen LogP contribution in [0.15, 0.2) is 218 Å². The summed E-state index contributed by atoms with van der Waals surface area (Å²) in [7, 11) is 0. The van der Waals surface area contributed by atoms with Crippen LogP contribution in [0.5, 0.6) is 0 Å². The molecule has 0 amide bonds. The number of hydrogen-bond donors (Lipinski definition) is 0. The third kappa shape index (κ3) is 5.87. The van der Waals surface area contributed by atoms with Gasteiger partial charge in [-0.25, -0.2) is 4.98 Å². The van der Waals surface area contributed by atoms with Crippen LogP contribution < -0.4 is 0 Å². The highest BCUT2D eigenvalue weighted by Gasteiger charge is 2.20. The molecule has 0 saturated heterocycles. The van der Waals surface area contributed by atoms with Gasteiger partial charge in [0.2, 0.25) is 0 Å². The van der Waals surface area contributed by atoms with Gasteiger partial charge in [0, 0.05) is 73.5 Å². The number of hydrogen-bond acceptors (Lipinski definition) is 4. The van der Waals surface area contributed by atoms with E-state index in [-0.39, 0.29) is 0 Å². The van der Waals surface area contributed by atoms with Crippen molar-refractivity contribution in [2.75, 3.05) is 0 Å². The Bertz CT molecular complexity index is 4010. The van der Waals surface area contributed by atoms with E-state index in [4.69, 9.17) is 4.98 Å². The summed E-state index contributed by atoms with van der Waals surface area (Å²) in [6.45, 7) is 0. The Morgan fingerprint density at radius 2 is 0.773 bits per heavy atom. The second kappa shape index (κ2) is 14.9. The zero-order chi connectivity index (χ0) is 43.3. The van der Waals surface area contributed by atoms with Gasteiger partial charge in [-0.1, -0.05) is 170 Å². The molecule has 14 rings (SSSR count). The zero-order valence-corrected chi connectivity index (χ0v) is 37.9. The minimum atomic E-state index is 1.01. The molecule has 10 aromatic carbocycles. The van der Waals surface area contributed by atoms with Crippen LogP contribution in [0.4, 0.5) is 0 Å². The molecular formula is C61H36N2S3.